The van der Waals surface area contributed by atoms with Gasteiger partial charge in [-0.1, -0.05) is 0 Å². The third kappa shape index (κ3) is 4.62. The molecule has 178 valence electrons. The highest BCUT2D eigenvalue weighted by Gasteiger charge is 2.45. The highest BCUT2D eigenvalue weighted by molar-refractivity contribution is 6.23. The van der Waals surface area contributed by atoms with E-state index in [-0.39, 0.29) is 37.3 Å². The standard InChI is InChI=1S/C23H28N4O5.ClH/c28-20-4-3-19(21(29)25-20)27-22(30)17-2-1-15(11-18(17)23(27)31)26-12-16(13-26)32-10-7-14-5-8-24-9-6-14;/h1-2,11,14,16,19,24H,3-10,12-13H2,(H,25,28,29);1H. The highest BCUT2D eigenvalue weighted by Crippen LogP contribution is 2.32. The quantitative estimate of drug-likeness (QED) is 0.592. The molecule has 1 aromatic rings. The van der Waals surface area contributed by atoms with Crippen LogP contribution in [0, 0.1) is 5.92 Å². The van der Waals surface area contributed by atoms with E-state index in [4.69, 9.17) is 4.74 Å². The maximum Gasteiger partial charge on any atom is 0.262 e. The van der Waals surface area contributed by atoms with Gasteiger partial charge < -0.3 is 15.0 Å². The molecule has 2 N–H and O–H groups in total. The number of nitrogens with zero attached hydrogens (tertiary/aromatic N) is 2. The number of hydrogen-bond donors (Lipinski definition) is 2. The van der Waals surface area contributed by atoms with Crippen molar-refractivity contribution in [1.82, 2.24) is 15.5 Å². The van der Waals surface area contributed by atoms with Crippen molar-refractivity contribution in [3.05, 3.63) is 29.3 Å². The number of carbonyl (C=O) groups is 4. The fraction of sp³-hybridized carbons (Fsp3) is 0.565. The second-order valence-electron chi connectivity index (χ2n) is 9.06. The van der Waals surface area contributed by atoms with Crippen molar-refractivity contribution < 1.29 is 23.9 Å². The Morgan fingerprint density at radius 1 is 0.970 bits per heavy atom. The monoisotopic (exact) mass is 476 g/mol. The molecule has 1 atom stereocenters. The van der Waals surface area contributed by atoms with Crippen LogP contribution in [0.2, 0.25) is 0 Å². The molecule has 4 aliphatic heterocycles. The molecule has 3 saturated heterocycles. The molecule has 4 heterocycles. The number of imide groups is 2. The van der Waals surface area contributed by atoms with Gasteiger partial charge in [0.2, 0.25) is 11.8 Å². The van der Waals surface area contributed by atoms with Gasteiger partial charge in [-0.3, -0.25) is 29.4 Å². The Morgan fingerprint density at radius 2 is 1.70 bits per heavy atom. The molecule has 4 aliphatic rings. The van der Waals surface area contributed by atoms with E-state index in [9.17, 15) is 19.2 Å². The number of amides is 4. The first kappa shape index (κ1) is 23.7. The van der Waals surface area contributed by atoms with E-state index in [1.807, 2.05) is 6.07 Å². The van der Waals surface area contributed by atoms with E-state index in [1.165, 1.54) is 12.8 Å². The summed E-state index contributed by atoms with van der Waals surface area (Å²) >= 11 is 0. The Kier molecular flexibility index (Phi) is 7.02. The number of hydrogen-bond acceptors (Lipinski definition) is 7. The topological polar surface area (TPSA) is 108 Å². The molecule has 5 rings (SSSR count). The zero-order valence-corrected chi connectivity index (χ0v) is 19.2. The third-order valence-electron chi connectivity index (χ3n) is 6.97. The number of nitrogens with one attached hydrogen (secondary N) is 2. The SMILES string of the molecule is Cl.O=C1CCC(N2C(=O)c3ccc(N4CC(OCCC5CCNCC5)C4)cc3C2=O)C(=O)N1. The Bertz CT molecular complexity index is 958. The molecule has 0 aliphatic carbocycles. The van der Waals surface area contributed by atoms with Crippen molar-refractivity contribution in [2.24, 2.45) is 5.92 Å². The molecule has 4 amide bonds. The molecule has 33 heavy (non-hydrogen) atoms. The maximum absolute atomic E-state index is 13.0. The molecule has 1 aromatic carbocycles. The lowest BCUT2D eigenvalue weighted by Crippen LogP contribution is -2.54. The second kappa shape index (κ2) is 9.79. The van der Waals surface area contributed by atoms with Gasteiger partial charge in [0, 0.05) is 31.8 Å². The molecule has 3 fully saturated rings. The van der Waals surface area contributed by atoms with Gasteiger partial charge in [-0.05, 0) is 62.9 Å². The molecule has 1 unspecified atom stereocenters. The lowest BCUT2D eigenvalue weighted by Gasteiger charge is -2.41. The molecular weight excluding hydrogens is 448 g/mol. The number of anilines is 1. The van der Waals surface area contributed by atoms with Crippen LogP contribution < -0.4 is 15.5 Å². The van der Waals surface area contributed by atoms with E-state index < -0.39 is 23.8 Å². The van der Waals surface area contributed by atoms with E-state index in [0.717, 1.165) is 55.7 Å². The van der Waals surface area contributed by atoms with Gasteiger partial charge in [-0.25, -0.2) is 0 Å². The van der Waals surface area contributed by atoms with Crippen LogP contribution in [-0.4, -0.2) is 73.5 Å². The van der Waals surface area contributed by atoms with Crippen LogP contribution in [0.5, 0.6) is 0 Å². The first-order chi connectivity index (χ1) is 15.5. The van der Waals surface area contributed by atoms with Gasteiger partial charge in [0.05, 0.1) is 17.2 Å². The van der Waals surface area contributed by atoms with Crippen LogP contribution in [0.1, 0.15) is 52.8 Å². The lowest BCUT2D eigenvalue weighted by molar-refractivity contribution is -0.136. The van der Waals surface area contributed by atoms with E-state index in [2.05, 4.69) is 15.5 Å². The summed E-state index contributed by atoms with van der Waals surface area (Å²) in [6.45, 7) is 4.49. The molecule has 10 heteroatoms. The summed E-state index contributed by atoms with van der Waals surface area (Å²) in [5.41, 5.74) is 1.49. The van der Waals surface area contributed by atoms with Gasteiger partial charge in [0.15, 0.2) is 0 Å². The number of halogens is 1. The number of benzene rings is 1. The molecule has 0 spiro atoms. The second-order valence-corrected chi connectivity index (χ2v) is 9.06. The van der Waals surface area contributed by atoms with E-state index in [1.54, 1.807) is 12.1 Å². The van der Waals surface area contributed by atoms with Gasteiger partial charge in [-0.15, -0.1) is 12.4 Å². The summed E-state index contributed by atoms with van der Waals surface area (Å²) in [6, 6.07) is 4.28. The van der Waals surface area contributed by atoms with Crippen LogP contribution in [0.25, 0.3) is 0 Å². The predicted octanol–water partition coefficient (Wildman–Crippen LogP) is 1.10. The van der Waals surface area contributed by atoms with Crippen molar-refractivity contribution in [2.45, 2.75) is 44.2 Å². The average molecular weight is 477 g/mol. The summed E-state index contributed by atoms with van der Waals surface area (Å²) < 4.78 is 6.02. The number of carbonyl (C=O) groups excluding carboxylic acids is 4. The van der Waals surface area contributed by atoms with Crippen molar-refractivity contribution in [3.63, 3.8) is 0 Å². The Morgan fingerprint density at radius 3 is 2.42 bits per heavy atom. The fourth-order valence-corrected chi connectivity index (χ4v) is 4.98. The van der Waals surface area contributed by atoms with Crippen LogP contribution in [-0.2, 0) is 14.3 Å². The zero-order chi connectivity index (χ0) is 22.2. The number of ether oxygens (including phenoxy) is 1. The number of rotatable bonds is 6. The van der Waals surface area contributed by atoms with Crippen LogP contribution in [0.15, 0.2) is 18.2 Å². The minimum absolute atomic E-state index is 0. The molecule has 9 nitrogen and oxygen atoms in total. The summed E-state index contributed by atoms with van der Waals surface area (Å²) in [5.74, 6) is -1.18. The van der Waals surface area contributed by atoms with Gasteiger partial charge in [-0.2, -0.15) is 0 Å². The van der Waals surface area contributed by atoms with Crippen molar-refractivity contribution in [3.8, 4) is 0 Å². The lowest BCUT2D eigenvalue weighted by atomic mass is 9.95. The first-order valence-electron chi connectivity index (χ1n) is 11.4. The number of fused-ring (bicyclic) bond motifs is 1. The summed E-state index contributed by atoms with van der Waals surface area (Å²) in [4.78, 5) is 52.5. The van der Waals surface area contributed by atoms with Gasteiger partial charge >= 0.3 is 0 Å². The summed E-state index contributed by atoms with van der Waals surface area (Å²) in [7, 11) is 0. The predicted molar refractivity (Wildman–Crippen MR) is 123 cm³/mol. The fourth-order valence-electron chi connectivity index (χ4n) is 4.98. The summed E-state index contributed by atoms with van der Waals surface area (Å²) in [5, 5.41) is 5.60. The van der Waals surface area contributed by atoms with E-state index in [0.29, 0.717) is 11.1 Å². The normalized spacial score (nSPS) is 23.8. The number of piperidine rings is 2. The van der Waals surface area contributed by atoms with Crippen molar-refractivity contribution in [1.29, 1.82) is 0 Å². The summed E-state index contributed by atoms with van der Waals surface area (Å²) in [6.07, 6.45) is 4.00. The Labute approximate surface area is 198 Å². The first-order valence-corrected chi connectivity index (χ1v) is 11.4. The van der Waals surface area contributed by atoms with Gasteiger partial charge in [0.25, 0.3) is 11.8 Å². The third-order valence-corrected chi connectivity index (χ3v) is 6.97. The molecule has 0 aromatic heterocycles. The van der Waals surface area contributed by atoms with Crippen molar-refractivity contribution >= 4 is 41.7 Å². The zero-order valence-electron chi connectivity index (χ0n) is 18.4. The van der Waals surface area contributed by atoms with Crippen LogP contribution in [0.3, 0.4) is 0 Å². The van der Waals surface area contributed by atoms with E-state index >= 15 is 0 Å². The van der Waals surface area contributed by atoms with Crippen molar-refractivity contribution in [2.75, 3.05) is 37.7 Å². The minimum Gasteiger partial charge on any atom is -0.375 e. The van der Waals surface area contributed by atoms with Gasteiger partial charge in [0.1, 0.15) is 6.04 Å². The molecule has 0 radical (unpaired) electrons. The minimum atomic E-state index is -0.940. The Balaban J connectivity index is 0.00000259. The van der Waals surface area contributed by atoms with Crippen LogP contribution >= 0.6 is 12.4 Å². The molecule has 0 bridgehead atoms. The molecular formula is C23H29ClN4O5. The average Bonchev–Trinajstić information content (AvgIpc) is 3.00. The Hall–Kier alpha value is -2.49. The smallest absolute Gasteiger partial charge is 0.262 e. The molecule has 0 saturated carbocycles. The van der Waals surface area contributed by atoms with Crippen LogP contribution in [0.4, 0.5) is 5.69 Å². The largest absolute Gasteiger partial charge is 0.375 e. The maximum atomic E-state index is 13.0. The highest BCUT2D eigenvalue weighted by atomic mass is 35.5.